The van der Waals surface area contributed by atoms with Crippen LogP contribution < -0.4 is 11.1 Å². The molecule has 0 spiro atoms. The molecule has 1 atom stereocenters. The molecule has 1 unspecified atom stereocenters. The van der Waals surface area contributed by atoms with Crippen LogP contribution in [0.4, 0.5) is 15.8 Å². The largest absolute Gasteiger partial charge is 0.399 e. The second-order valence-corrected chi connectivity index (χ2v) is 4.28. The van der Waals surface area contributed by atoms with Crippen molar-refractivity contribution in [2.75, 3.05) is 37.9 Å². The minimum atomic E-state index is -0.353. The zero-order valence-corrected chi connectivity index (χ0v) is 9.83. The fraction of sp³-hybridized carbons (Fsp3) is 0.500. The van der Waals surface area contributed by atoms with Crippen LogP contribution in [-0.2, 0) is 9.47 Å². The van der Waals surface area contributed by atoms with Gasteiger partial charge in [0, 0.05) is 32.4 Å². The van der Waals surface area contributed by atoms with Gasteiger partial charge in [-0.2, -0.15) is 0 Å². The monoisotopic (exact) mass is 240 g/mol. The Bertz CT molecular complexity index is 392. The average molecular weight is 240 g/mol. The summed E-state index contributed by atoms with van der Waals surface area (Å²) in [6.07, 6.45) is 0.813. The molecule has 1 aliphatic heterocycles. The summed E-state index contributed by atoms with van der Waals surface area (Å²) in [5.74, 6) is -0.352. The average Bonchev–Trinajstić information content (AvgIpc) is 2.77. The molecule has 1 aliphatic rings. The predicted molar refractivity (Wildman–Crippen MR) is 64.5 cm³/mol. The Kier molecular flexibility index (Phi) is 3.49. The Morgan fingerprint density at radius 1 is 1.59 bits per heavy atom. The van der Waals surface area contributed by atoms with Crippen LogP contribution in [0.2, 0.25) is 0 Å². The molecule has 0 radical (unpaired) electrons. The number of anilines is 2. The van der Waals surface area contributed by atoms with Gasteiger partial charge in [0.05, 0.1) is 12.3 Å². The molecule has 1 heterocycles. The van der Waals surface area contributed by atoms with Gasteiger partial charge in [-0.1, -0.05) is 0 Å². The number of ether oxygens (including phenoxy) is 2. The molecule has 5 heteroatoms. The van der Waals surface area contributed by atoms with Crippen molar-refractivity contribution < 1.29 is 13.9 Å². The van der Waals surface area contributed by atoms with Crippen molar-refractivity contribution in [3.05, 3.63) is 24.0 Å². The van der Waals surface area contributed by atoms with Gasteiger partial charge in [-0.3, -0.25) is 0 Å². The SMILES string of the molecule is COC1(CNc2ccc(N)cc2F)CCOC1. The lowest BCUT2D eigenvalue weighted by molar-refractivity contribution is -0.00623. The first-order chi connectivity index (χ1) is 8.15. The van der Waals surface area contributed by atoms with Gasteiger partial charge in [0.2, 0.25) is 0 Å². The molecule has 0 amide bonds. The minimum Gasteiger partial charge on any atom is -0.399 e. The second kappa shape index (κ2) is 4.89. The number of nitrogen functional groups attached to an aromatic ring is 1. The van der Waals surface area contributed by atoms with Crippen molar-refractivity contribution >= 4 is 11.4 Å². The van der Waals surface area contributed by atoms with Crippen molar-refractivity contribution in [1.82, 2.24) is 0 Å². The fourth-order valence-electron chi connectivity index (χ4n) is 1.89. The first-order valence-electron chi connectivity index (χ1n) is 5.57. The van der Waals surface area contributed by atoms with Crippen LogP contribution in [-0.4, -0.2) is 32.5 Å². The highest BCUT2D eigenvalue weighted by atomic mass is 19.1. The summed E-state index contributed by atoms with van der Waals surface area (Å²) < 4.78 is 24.3. The van der Waals surface area contributed by atoms with Gasteiger partial charge in [0.25, 0.3) is 0 Å². The fourth-order valence-corrected chi connectivity index (χ4v) is 1.89. The maximum Gasteiger partial charge on any atom is 0.148 e. The van der Waals surface area contributed by atoms with Crippen LogP contribution in [0.25, 0.3) is 0 Å². The Hall–Kier alpha value is -1.33. The number of rotatable bonds is 4. The molecule has 0 bridgehead atoms. The standard InChI is InChI=1S/C12H17FN2O2/c1-16-12(4-5-17-8-12)7-15-11-3-2-9(14)6-10(11)13/h2-3,6,15H,4-5,7-8,14H2,1H3. The molecular weight excluding hydrogens is 223 g/mol. The third-order valence-electron chi connectivity index (χ3n) is 3.09. The van der Waals surface area contributed by atoms with Crippen LogP contribution in [0.15, 0.2) is 18.2 Å². The molecule has 0 aliphatic carbocycles. The van der Waals surface area contributed by atoms with E-state index in [0.717, 1.165) is 6.42 Å². The van der Waals surface area contributed by atoms with Gasteiger partial charge in [0.15, 0.2) is 0 Å². The van der Waals surface area contributed by atoms with E-state index >= 15 is 0 Å². The molecule has 17 heavy (non-hydrogen) atoms. The summed E-state index contributed by atoms with van der Waals surface area (Å²) in [5.41, 5.74) is 5.98. The van der Waals surface area contributed by atoms with Crippen LogP contribution in [0, 0.1) is 5.82 Å². The Morgan fingerprint density at radius 2 is 2.41 bits per heavy atom. The van der Waals surface area contributed by atoms with E-state index < -0.39 is 0 Å². The normalized spacial score (nSPS) is 23.9. The zero-order chi connectivity index (χ0) is 12.3. The Labute approximate surface area is 99.9 Å². The molecule has 1 aromatic rings. The van der Waals surface area contributed by atoms with Gasteiger partial charge >= 0.3 is 0 Å². The van der Waals surface area contributed by atoms with Gasteiger partial charge < -0.3 is 20.5 Å². The lowest BCUT2D eigenvalue weighted by Crippen LogP contribution is -2.39. The van der Waals surface area contributed by atoms with Gasteiger partial charge in [0.1, 0.15) is 11.4 Å². The molecule has 94 valence electrons. The summed E-state index contributed by atoms with van der Waals surface area (Å²) in [6, 6.07) is 4.59. The first-order valence-corrected chi connectivity index (χ1v) is 5.57. The lowest BCUT2D eigenvalue weighted by atomic mass is 10.0. The van der Waals surface area contributed by atoms with Crippen LogP contribution in [0.3, 0.4) is 0 Å². The Balaban J connectivity index is 2.01. The maximum atomic E-state index is 13.5. The zero-order valence-electron chi connectivity index (χ0n) is 9.83. The van der Waals surface area contributed by atoms with Crippen molar-refractivity contribution in [3.63, 3.8) is 0 Å². The van der Waals surface area contributed by atoms with Crippen LogP contribution in [0.1, 0.15) is 6.42 Å². The topological polar surface area (TPSA) is 56.5 Å². The van der Waals surface area contributed by atoms with Gasteiger partial charge in [-0.15, -0.1) is 0 Å². The van der Waals surface area contributed by atoms with Gasteiger partial charge in [-0.05, 0) is 18.2 Å². The predicted octanol–water partition coefficient (Wildman–Crippen LogP) is 1.63. The lowest BCUT2D eigenvalue weighted by Gasteiger charge is -2.26. The van der Waals surface area contributed by atoms with E-state index in [1.165, 1.54) is 6.07 Å². The third kappa shape index (κ3) is 2.68. The van der Waals surface area contributed by atoms with Crippen molar-refractivity contribution in [2.24, 2.45) is 0 Å². The summed E-state index contributed by atoms with van der Waals surface area (Å²) in [7, 11) is 1.65. The van der Waals surface area contributed by atoms with E-state index in [-0.39, 0.29) is 11.4 Å². The summed E-state index contributed by atoms with van der Waals surface area (Å²) >= 11 is 0. The summed E-state index contributed by atoms with van der Waals surface area (Å²) in [4.78, 5) is 0. The highest BCUT2D eigenvalue weighted by Crippen LogP contribution is 2.24. The molecule has 0 saturated carbocycles. The number of nitrogens with one attached hydrogen (secondary N) is 1. The van der Waals surface area contributed by atoms with E-state index in [1.54, 1.807) is 19.2 Å². The molecule has 1 aromatic carbocycles. The maximum absolute atomic E-state index is 13.5. The molecule has 1 fully saturated rings. The van der Waals surface area contributed by atoms with E-state index in [9.17, 15) is 4.39 Å². The van der Waals surface area contributed by atoms with E-state index in [2.05, 4.69) is 5.32 Å². The molecular formula is C12H17FN2O2. The Morgan fingerprint density at radius 3 is 3.00 bits per heavy atom. The number of benzene rings is 1. The van der Waals surface area contributed by atoms with E-state index in [1.807, 2.05) is 0 Å². The number of hydrogen-bond donors (Lipinski definition) is 2. The van der Waals surface area contributed by atoms with E-state index in [0.29, 0.717) is 31.1 Å². The molecule has 0 aromatic heterocycles. The van der Waals surface area contributed by atoms with Crippen molar-refractivity contribution in [3.8, 4) is 0 Å². The smallest absolute Gasteiger partial charge is 0.148 e. The van der Waals surface area contributed by atoms with Crippen LogP contribution in [0.5, 0.6) is 0 Å². The molecule has 1 saturated heterocycles. The first kappa shape index (κ1) is 12.1. The highest BCUT2D eigenvalue weighted by molar-refractivity contribution is 5.52. The van der Waals surface area contributed by atoms with Crippen molar-refractivity contribution in [1.29, 1.82) is 0 Å². The third-order valence-corrected chi connectivity index (χ3v) is 3.09. The quantitative estimate of drug-likeness (QED) is 0.785. The molecule has 4 nitrogen and oxygen atoms in total. The highest BCUT2D eigenvalue weighted by Gasteiger charge is 2.34. The van der Waals surface area contributed by atoms with Crippen LogP contribution >= 0.6 is 0 Å². The van der Waals surface area contributed by atoms with Gasteiger partial charge in [-0.25, -0.2) is 4.39 Å². The molecule has 2 rings (SSSR count). The number of hydrogen-bond acceptors (Lipinski definition) is 4. The minimum absolute atomic E-state index is 0.352. The number of nitrogens with two attached hydrogens (primary N) is 1. The summed E-state index contributed by atoms with van der Waals surface area (Å²) in [6.45, 7) is 1.73. The second-order valence-electron chi connectivity index (χ2n) is 4.28. The van der Waals surface area contributed by atoms with E-state index in [4.69, 9.17) is 15.2 Å². The van der Waals surface area contributed by atoms with Crippen molar-refractivity contribution in [2.45, 2.75) is 12.0 Å². The molecule has 3 N–H and O–H groups in total. The summed E-state index contributed by atoms with van der Waals surface area (Å²) in [5, 5.41) is 3.04. The number of halogens is 1. The number of methoxy groups -OCH3 is 1.